The average molecular weight is 157 g/mol. The highest BCUT2D eigenvalue weighted by atomic mass is 16.1. The van der Waals surface area contributed by atoms with Gasteiger partial charge in [-0.1, -0.05) is 27.7 Å². The number of hydrogen-bond acceptors (Lipinski definition) is 1. The van der Waals surface area contributed by atoms with E-state index in [2.05, 4.69) is 13.8 Å². The lowest BCUT2D eigenvalue weighted by Gasteiger charge is -2.18. The molecule has 0 aliphatic rings. The summed E-state index contributed by atoms with van der Waals surface area (Å²) in [7, 11) is 0. The minimum atomic E-state index is -0.159. The summed E-state index contributed by atoms with van der Waals surface area (Å²) < 4.78 is 0. The first-order chi connectivity index (χ1) is 4.95. The molecular weight excluding hydrogens is 138 g/mol. The maximum Gasteiger partial charge on any atom is 0.220 e. The van der Waals surface area contributed by atoms with Crippen LogP contribution in [0.2, 0.25) is 0 Å². The van der Waals surface area contributed by atoms with Crippen LogP contribution in [-0.4, -0.2) is 5.91 Å². The molecule has 0 fully saturated rings. The highest BCUT2D eigenvalue weighted by Gasteiger charge is 2.19. The molecule has 0 saturated heterocycles. The van der Waals surface area contributed by atoms with Crippen LogP contribution in [0, 0.1) is 17.8 Å². The van der Waals surface area contributed by atoms with Crippen LogP contribution in [0.25, 0.3) is 0 Å². The van der Waals surface area contributed by atoms with E-state index in [1.54, 1.807) is 0 Å². The van der Waals surface area contributed by atoms with E-state index in [0.717, 1.165) is 6.42 Å². The highest BCUT2D eigenvalue weighted by molar-refractivity contribution is 5.76. The fourth-order valence-corrected chi connectivity index (χ4v) is 1.22. The van der Waals surface area contributed by atoms with Gasteiger partial charge in [0.1, 0.15) is 0 Å². The van der Waals surface area contributed by atoms with Crippen molar-refractivity contribution in [3.05, 3.63) is 0 Å². The van der Waals surface area contributed by atoms with E-state index in [1.165, 1.54) is 0 Å². The summed E-state index contributed by atoms with van der Waals surface area (Å²) in [5.74, 6) is 0.813. The number of carbonyl (C=O) groups excluding carboxylic acids is 1. The molecule has 1 amide bonds. The Balaban J connectivity index is 4.01. The number of carbonyl (C=O) groups is 1. The molecule has 0 rings (SSSR count). The molecule has 0 aromatic heterocycles. The normalized spacial score (nSPS) is 14.0. The zero-order chi connectivity index (χ0) is 9.02. The van der Waals surface area contributed by atoms with Gasteiger partial charge >= 0.3 is 0 Å². The van der Waals surface area contributed by atoms with Crippen LogP contribution >= 0.6 is 0 Å². The summed E-state index contributed by atoms with van der Waals surface area (Å²) in [6, 6.07) is 0. The second kappa shape index (κ2) is 4.37. The maximum absolute atomic E-state index is 10.9. The first-order valence-corrected chi connectivity index (χ1v) is 4.24. The number of nitrogens with two attached hydrogens (primary N) is 1. The zero-order valence-corrected chi connectivity index (χ0v) is 7.92. The maximum atomic E-state index is 10.9. The van der Waals surface area contributed by atoms with Crippen molar-refractivity contribution >= 4 is 5.91 Å². The summed E-state index contributed by atoms with van der Waals surface area (Å²) in [6.45, 7) is 8.30. The van der Waals surface area contributed by atoms with Gasteiger partial charge in [-0.25, -0.2) is 0 Å². The Morgan fingerprint density at radius 2 is 1.73 bits per heavy atom. The van der Waals surface area contributed by atoms with Gasteiger partial charge in [0.05, 0.1) is 0 Å². The lowest BCUT2D eigenvalue weighted by Crippen LogP contribution is -2.28. The number of hydrogen-bond donors (Lipinski definition) is 1. The Hall–Kier alpha value is -0.530. The number of amides is 1. The molecular formula is C9H19NO. The first-order valence-electron chi connectivity index (χ1n) is 4.24. The molecule has 0 aliphatic heterocycles. The topological polar surface area (TPSA) is 43.1 Å². The zero-order valence-electron chi connectivity index (χ0n) is 7.92. The second-order valence-corrected chi connectivity index (χ2v) is 3.88. The molecule has 2 nitrogen and oxygen atoms in total. The fraction of sp³-hybridized carbons (Fsp3) is 0.889. The second-order valence-electron chi connectivity index (χ2n) is 3.88. The van der Waals surface area contributed by atoms with E-state index >= 15 is 0 Å². The van der Waals surface area contributed by atoms with Crippen molar-refractivity contribution in [1.29, 1.82) is 0 Å². The molecule has 0 bridgehead atoms. The Bertz CT molecular complexity index is 130. The van der Waals surface area contributed by atoms with Crippen molar-refractivity contribution < 1.29 is 4.79 Å². The van der Waals surface area contributed by atoms with E-state index in [4.69, 9.17) is 5.73 Å². The van der Waals surface area contributed by atoms with Crippen LogP contribution in [0.15, 0.2) is 0 Å². The van der Waals surface area contributed by atoms with Crippen molar-refractivity contribution in [2.24, 2.45) is 23.5 Å². The van der Waals surface area contributed by atoms with Crippen LogP contribution in [0.4, 0.5) is 0 Å². The third-order valence-electron chi connectivity index (χ3n) is 1.90. The van der Waals surface area contributed by atoms with E-state index in [0.29, 0.717) is 11.8 Å². The molecule has 0 heterocycles. The molecule has 11 heavy (non-hydrogen) atoms. The van der Waals surface area contributed by atoms with Gasteiger partial charge in [0.25, 0.3) is 0 Å². The third-order valence-corrected chi connectivity index (χ3v) is 1.90. The van der Waals surface area contributed by atoms with Crippen LogP contribution in [-0.2, 0) is 4.79 Å². The van der Waals surface area contributed by atoms with E-state index in [-0.39, 0.29) is 11.8 Å². The Morgan fingerprint density at radius 3 is 1.82 bits per heavy atom. The smallest absolute Gasteiger partial charge is 0.220 e. The van der Waals surface area contributed by atoms with E-state index < -0.39 is 0 Å². The molecule has 1 atom stereocenters. The van der Waals surface area contributed by atoms with Gasteiger partial charge in [0, 0.05) is 5.92 Å². The molecule has 0 aromatic carbocycles. The van der Waals surface area contributed by atoms with Gasteiger partial charge in [-0.15, -0.1) is 0 Å². The van der Waals surface area contributed by atoms with Crippen molar-refractivity contribution in [2.45, 2.75) is 34.1 Å². The standard InChI is InChI=1S/C9H19NO/c1-6(2)5-8(7(3)4)9(10)11/h6-8H,5H2,1-4H3,(H2,10,11)/t8-/m1/s1. The summed E-state index contributed by atoms with van der Waals surface area (Å²) in [5, 5.41) is 0. The van der Waals surface area contributed by atoms with Gasteiger partial charge in [-0.3, -0.25) is 4.79 Å². The van der Waals surface area contributed by atoms with Crippen molar-refractivity contribution in [2.75, 3.05) is 0 Å². The molecule has 0 saturated carbocycles. The van der Waals surface area contributed by atoms with Crippen molar-refractivity contribution in [3.8, 4) is 0 Å². The Morgan fingerprint density at radius 1 is 1.27 bits per heavy atom. The molecule has 0 unspecified atom stereocenters. The van der Waals surface area contributed by atoms with Crippen molar-refractivity contribution in [3.63, 3.8) is 0 Å². The van der Waals surface area contributed by atoms with Gasteiger partial charge in [0.15, 0.2) is 0 Å². The molecule has 0 aliphatic carbocycles. The van der Waals surface area contributed by atoms with Gasteiger partial charge < -0.3 is 5.73 Å². The van der Waals surface area contributed by atoms with Gasteiger partial charge in [0.2, 0.25) is 5.91 Å². The first kappa shape index (κ1) is 10.5. The molecule has 2 N–H and O–H groups in total. The van der Waals surface area contributed by atoms with Crippen LogP contribution in [0.3, 0.4) is 0 Å². The predicted molar refractivity (Wildman–Crippen MR) is 47.0 cm³/mol. The summed E-state index contributed by atoms with van der Waals surface area (Å²) in [5.41, 5.74) is 5.25. The minimum Gasteiger partial charge on any atom is -0.369 e. The summed E-state index contributed by atoms with van der Waals surface area (Å²) in [6.07, 6.45) is 0.910. The van der Waals surface area contributed by atoms with Gasteiger partial charge in [-0.05, 0) is 18.3 Å². The number of rotatable bonds is 4. The van der Waals surface area contributed by atoms with Crippen LogP contribution in [0.1, 0.15) is 34.1 Å². The SMILES string of the molecule is CC(C)C[C@@H](C(N)=O)C(C)C. The summed E-state index contributed by atoms with van der Waals surface area (Å²) >= 11 is 0. The van der Waals surface area contributed by atoms with Crippen LogP contribution in [0.5, 0.6) is 0 Å². The highest BCUT2D eigenvalue weighted by Crippen LogP contribution is 2.19. The quantitative estimate of drug-likeness (QED) is 0.664. The lowest BCUT2D eigenvalue weighted by molar-refractivity contribution is -0.123. The Labute approximate surface area is 69.2 Å². The monoisotopic (exact) mass is 157 g/mol. The molecule has 0 radical (unpaired) electrons. The fourth-order valence-electron chi connectivity index (χ4n) is 1.22. The van der Waals surface area contributed by atoms with Gasteiger partial charge in [-0.2, -0.15) is 0 Å². The predicted octanol–water partition coefficient (Wildman–Crippen LogP) is 1.79. The molecule has 0 aromatic rings. The average Bonchev–Trinajstić information content (AvgIpc) is 1.81. The Kier molecular flexibility index (Phi) is 4.16. The molecule has 0 spiro atoms. The number of primary amides is 1. The van der Waals surface area contributed by atoms with E-state index in [1.807, 2.05) is 13.8 Å². The van der Waals surface area contributed by atoms with E-state index in [9.17, 15) is 4.79 Å². The summed E-state index contributed by atoms with van der Waals surface area (Å²) in [4.78, 5) is 10.9. The minimum absolute atomic E-state index is 0.0509. The third kappa shape index (κ3) is 4.02. The largest absolute Gasteiger partial charge is 0.369 e. The van der Waals surface area contributed by atoms with Crippen molar-refractivity contribution in [1.82, 2.24) is 0 Å². The lowest BCUT2D eigenvalue weighted by atomic mass is 9.87. The molecule has 2 heteroatoms. The molecule has 66 valence electrons. The van der Waals surface area contributed by atoms with Crippen LogP contribution < -0.4 is 5.73 Å².